The molecule has 5 nitrogen and oxygen atoms in total. The van der Waals surface area contributed by atoms with E-state index in [-0.39, 0.29) is 11.9 Å². The third kappa shape index (κ3) is 3.26. The summed E-state index contributed by atoms with van der Waals surface area (Å²) in [5.74, 6) is -0.282. The minimum atomic E-state index is -0.286. The number of thiazole rings is 1. The summed E-state index contributed by atoms with van der Waals surface area (Å²) in [4.78, 5) is 8.40. The second-order valence-electron chi connectivity index (χ2n) is 5.84. The Morgan fingerprint density at radius 3 is 2.50 bits per heavy atom. The van der Waals surface area contributed by atoms with Gasteiger partial charge in [0.05, 0.1) is 16.7 Å². The molecule has 0 saturated carbocycles. The minimum Gasteiger partial charge on any atom is -0.322 e. The lowest BCUT2D eigenvalue weighted by Crippen LogP contribution is -2.14. The molecule has 26 heavy (non-hydrogen) atoms. The Kier molecular flexibility index (Phi) is 4.55. The lowest BCUT2D eigenvalue weighted by molar-refractivity contribution is 0.628. The average Bonchev–Trinajstić information content (AvgIpc) is 3.32. The fourth-order valence-electron chi connectivity index (χ4n) is 2.90. The molecule has 3 aromatic heterocycles. The van der Waals surface area contributed by atoms with Crippen molar-refractivity contribution in [2.45, 2.75) is 12.5 Å². The molecule has 1 atom stereocenters. The zero-order valence-corrected chi connectivity index (χ0v) is 14.6. The van der Waals surface area contributed by atoms with E-state index in [1.54, 1.807) is 42.1 Å². The van der Waals surface area contributed by atoms with Gasteiger partial charge in [0.25, 0.3) is 0 Å². The number of halogens is 1. The molecule has 0 unspecified atom stereocenters. The number of H-pyrrole nitrogens is 1. The molecule has 0 aliphatic heterocycles. The third-order valence-corrected chi connectivity index (χ3v) is 4.93. The standard InChI is InChI=1S/C19H16FN5S/c20-14-3-1-13(2-4-14)18-17(12-5-7-22-8-6-12)19(25-24-18)15(21)11-16-23-9-10-26-16/h1-10,15H,11,21H2,(H,24,25)/t15-/m0/s1. The van der Waals surface area contributed by atoms with Crippen LogP contribution in [0, 0.1) is 5.82 Å². The van der Waals surface area contributed by atoms with Gasteiger partial charge >= 0.3 is 0 Å². The van der Waals surface area contributed by atoms with Crippen LogP contribution < -0.4 is 5.73 Å². The highest BCUT2D eigenvalue weighted by molar-refractivity contribution is 7.09. The minimum absolute atomic E-state index is 0.282. The van der Waals surface area contributed by atoms with Gasteiger partial charge in [-0.25, -0.2) is 9.37 Å². The lowest BCUT2D eigenvalue weighted by Gasteiger charge is -2.12. The van der Waals surface area contributed by atoms with E-state index < -0.39 is 0 Å². The number of benzene rings is 1. The van der Waals surface area contributed by atoms with Crippen molar-refractivity contribution in [2.75, 3.05) is 0 Å². The monoisotopic (exact) mass is 365 g/mol. The van der Waals surface area contributed by atoms with Gasteiger partial charge in [-0.2, -0.15) is 5.10 Å². The summed E-state index contributed by atoms with van der Waals surface area (Å²) in [6, 6.07) is 9.82. The number of hydrogen-bond donors (Lipinski definition) is 2. The van der Waals surface area contributed by atoms with Crippen molar-refractivity contribution in [1.29, 1.82) is 0 Å². The molecule has 130 valence electrons. The van der Waals surface area contributed by atoms with Crippen molar-refractivity contribution in [3.63, 3.8) is 0 Å². The van der Waals surface area contributed by atoms with Crippen molar-refractivity contribution in [2.24, 2.45) is 5.73 Å². The molecule has 0 bridgehead atoms. The van der Waals surface area contributed by atoms with Gasteiger partial charge in [0.1, 0.15) is 11.5 Å². The Balaban J connectivity index is 1.80. The zero-order chi connectivity index (χ0) is 17.9. The van der Waals surface area contributed by atoms with E-state index in [4.69, 9.17) is 5.73 Å². The third-order valence-electron chi connectivity index (χ3n) is 4.13. The van der Waals surface area contributed by atoms with Crippen LogP contribution in [0.3, 0.4) is 0 Å². The lowest BCUT2D eigenvalue weighted by atomic mass is 9.96. The molecule has 3 N–H and O–H groups in total. The van der Waals surface area contributed by atoms with Crippen LogP contribution in [0.4, 0.5) is 4.39 Å². The largest absolute Gasteiger partial charge is 0.322 e. The summed E-state index contributed by atoms with van der Waals surface area (Å²) < 4.78 is 13.3. The maximum atomic E-state index is 13.3. The van der Waals surface area contributed by atoms with Crippen molar-refractivity contribution in [3.8, 4) is 22.4 Å². The van der Waals surface area contributed by atoms with E-state index in [0.29, 0.717) is 6.42 Å². The first-order chi connectivity index (χ1) is 12.7. The Bertz CT molecular complexity index is 981. The van der Waals surface area contributed by atoms with Crippen LogP contribution >= 0.6 is 11.3 Å². The first-order valence-electron chi connectivity index (χ1n) is 8.11. The van der Waals surface area contributed by atoms with E-state index in [1.165, 1.54) is 12.1 Å². The summed E-state index contributed by atoms with van der Waals surface area (Å²) in [6.07, 6.45) is 5.84. The van der Waals surface area contributed by atoms with Crippen LogP contribution in [0.5, 0.6) is 0 Å². The molecule has 0 radical (unpaired) electrons. The molecule has 7 heteroatoms. The topological polar surface area (TPSA) is 80.5 Å². The Hall–Kier alpha value is -2.90. The van der Waals surface area contributed by atoms with E-state index in [1.807, 2.05) is 17.5 Å². The molecule has 0 fully saturated rings. The SMILES string of the molecule is N[C@@H](Cc1nccs1)c1[nH]nc(-c2ccc(F)cc2)c1-c1ccncc1. The number of nitrogens with zero attached hydrogens (tertiary/aromatic N) is 3. The molecule has 0 amide bonds. The predicted octanol–water partition coefficient (Wildman–Crippen LogP) is 3.98. The summed E-state index contributed by atoms with van der Waals surface area (Å²) in [5.41, 5.74) is 10.7. The molecule has 0 aliphatic carbocycles. The smallest absolute Gasteiger partial charge is 0.123 e. The second kappa shape index (κ2) is 7.15. The highest BCUT2D eigenvalue weighted by Gasteiger charge is 2.22. The number of rotatable bonds is 5. The number of pyridine rings is 1. The fourth-order valence-corrected chi connectivity index (χ4v) is 3.57. The van der Waals surface area contributed by atoms with Crippen molar-refractivity contribution >= 4 is 11.3 Å². The van der Waals surface area contributed by atoms with Gasteiger partial charge in [0.2, 0.25) is 0 Å². The summed E-state index contributed by atoms with van der Waals surface area (Å²) >= 11 is 1.58. The Labute approximate surface area is 153 Å². The maximum Gasteiger partial charge on any atom is 0.123 e. The van der Waals surface area contributed by atoms with Crippen LogP contribution in [-0.4, -0.2) is 20.2 Å². The van der Waals surface area contributed by atoms with Crippen LogP contribution in [0.15, 0.2) is 60.4 Å². The van der Waals surface area contributed by atoms with Crippen LogP contribution in [0.25, 0.3) is 22.4 Å². The Morgan fingerprint density at radius 1 is 1.04 bits per heavy atom. The summed E-state index contributed by atoms with van der Waals surface area (Å²) in [7, 11) is 0. The maximum absolute atomic E-state index is 13.3. The molecule has 0 aliphatic rings. The normalized spacial score (nSPS) is 12.2. The molecule has 0 spiro atoms. The summed E-state index contributed by atoms with van der Waals surface area (Å²) in [5, 5.41) is 10.5. The van der Waals surface area contributed by atoms with Gasteiger partial charge in [-0.05, 0) is 42.0 Å². The van der Waals surface area contributed by atoms with Gasteiger partial charge in [0, 0.05) is 41.5 Å². The first-order valence-corrected chi connectivity index (χ1v) is 8.99. The van der Waals surface area contributed by atoms with Crippen molar-refractivity contribution in [3.05, 3.63) is 76.9 Å². The van der Waals surface area contributed by atoms with Crippen LogP contribution in [0.2, 0.25) is 0 Å². The molecule has 4 aromatic rings. The van der Waals surface area contributed by atoms with Gasteiger partial charge in [0.15, 0.2) is 0 Å². The van der Waals surface area contributed by atoms with Gasteiger partial charge in [-0.3, -0.25) is 10.1 Å². The van der Waals surface area contributed by atoms with E-state index in [9.17, 15) is 4.39 Å². The number of hydrogen-bond acceptors (Lipinski definition) is 5. The van der Waals surface area contributed by atoms with Crippen LogP contribution in [0.1, 0.15) is 16.7 Å². The number of aromatic nitrogens is 4. The highest BCUT2D eigenvalue weighted by atomic mass is 32.1. The zero-order valence-electron chi connectivity index (χ0n) is 13.8. The molecular weight excluding hydrogens is 349 g/mol. The Morgan fingerprint density at radius 2 is 1.81 bits per heavy atom. The van der Waals surface area contributed by atoms with E-state index in [2.05, 4.69) is 20.2 Å². The molecular formula is C19H16FN5S. The number of nitrogens with two attached hydrogens (primary N) is 1. The van der Waals surface area contributed by atoms with Gasteiger partial charge in [-0.1, -0.05) is 0 Å². The summed E-state index contributed by atoms with van der Waals surface area (Å²) in [6.45, 7) is 0. The highest BCUT2D eigenvalue weighted by Crippen LogP contribution is 2.36. The van der Waals surface area contributed by atoms with Gasteiger partial charge < -0.3 is 5.73 Å². The molecule has 4 rings (SSSR count). The number of nitrogens with one attached hydrogen (secondary N) is 1. The first kappa shape index (κ1) is 16.6. The molecule has 3 heterocycles. The number of aromatic amines is 1. The quantitative estimate of drug-likeness (QED) is 0.561. The fraction of sp³-hybridized carbons (Fsp3) is 0.105. The predicted molar refractivity (Wildman–Crippen MR) is 100.0 cm³/mol. The second-order valence-corrected chi connectivity index (χ2v) is 6.82. The van der Waals surface area contributed by atoms with Crippen molar-refractivity contribution in [1.82, 2.24) is 20.2 Å². The molecule has 0 saturated heterocycles. The van der Waals surface area contributed by atoms with Gasteiger partial charge in [-0.15, -0.1) is 11.3 Å². The molecule has 1 aromatic carbocycles. The van der Waals surface area contributed by atoms with Crippen LogP contribution in [-0.2, 0) is 6.42 Å². The van der Waals surface area contributed by atoms with E-state index >= 15 is 0 Å². The van der Waals surface area contributed by atoms with Crippen molar-refractivity contribution < 1.29 is 4.39 Å². The van der Waals surface area contributed by atoms with E-state index in [0.717, 1.165) is 33.1 Å². The average molecular weight is 365 g/mol.